The second-order valence-electron chi connectivity index (χ2n) is 4.87. The van der Waals surface area contributed by atoms with Gasteiger partial charge >= 0.3 is 0 Å². The van der Waals surface area contributed by atoms with E-state index < -0.39 is 0 Å². The van der Waals surface area contributed by atoms with Crippen molar-refractivity contribution in [3.8, 4) is 0 Å². The number of hydrogen-bond acceptors (Lipinski definition) is 5. The van der Waals surface area contributed by atoms with Crippen molar-refractivity contribution in [2.45, 2.75) is 32.4 Å². The summed E-state index contributed by atoms with van der Waals surface area (Å²) in [6.45, 7) is 6.22. The van der Waals surface area contributed by atoms with Gasteiger partial charge < -0.3 is 15.5 Å². The van der Waals surface area contributed by atoms with E-state index in [2.05, 4.69) is 33.7 Å². The minimum atomic E-state index is 0.499. The van der Waals surface area contributed by atoms with Crippen LogP contribution in [0.25, 0.3) is 0 Å². The van der Waals surface area contributed by atoms with Gasteiger partial charge in [0, 0.05) is 50.7 Å². The topological polar surface area (TPSA) is 58.3 Å². The molecule has 0 amide bonds. The third kappa shape index (κ3) is 2.97. The van der Waals surface area contributed by atoms with E-state index in [1.807, 2.05) is 12.4 Å². The molecule has 2 heterocycles. The molecule has 100 valence electrons. The zero-order chi connectivity index (χ0) is 13.0. The molecule has 18 heavy (non-hydrogen) atoms. The lowest BCUT2D eigenvalue weighted by molar-refractivity contribution is 0.220. The van der Waals surface area contributed by atoms with Crippen LogP contribution in [0.3, 0.4) is 0 Å². The average molecular weight is 249 g/mol. The molecule has 1 aliphatic heterocycles. The fourth-order valence-corrected chi connectivity index (χ4v) is 2.42. The molecule has 0 spiro atoms. The third-order valence-electron chi connectivity index (χ3n) is 3.79. The van der Waals surface area contributed by atoms with Crippen LogP contribution in [0.15, 0.2) is 12.4 Å². The Morgan fingerprint density at radius 1 is 1.33 bits per heavy atom. The molecular formula is C13H23N5. The number of likely N-dealkylation sites (tertiary alicyclic amines) is 1. The van der Waals surface area contributed by atoms with Gasteiger partial charge in [0.05, 0.1) is 0 Å². The van der Waals surface area contributed by atoms with Crippen molar-refractivity contribution in [3.63, 3.8) is 0 Å². The van der Waals surface area contributed by atoms with Crippen LogP contribution in [-0.2, 0) is 6.54 Å². The summed E-state index contributed by atoms with van der Waals surface area (Å²) in [5.74, 6) is 0.808. The van der Waals surface area contributed by atoms with Crippen molar-refractivity contribution >= 4 is 5.95 Å². The van der Waals surface area contributed by atoms with E-state index in [1.54, 1.807) is 0 Å². The molecule has 2 rings (SSSR count). The molecule has 1 saturated heterocycles. The summed E-state index contributed by atoms with van der Waals surface area (Å²) >= 11 is 0. The Morgan fingerprint density at radius 3 is 2.44 bits per heavy atom. The van der Waals surface area contributed by atoms with Crippen molar-refractivity contribution in [2.24, 2.45) is 5.73 Å². The van der Waals surface area contributed by atoms with Gasteiger partial charge in [0.1, 0.15) is 0 Å². The normalized spacial score (nSPS) is 17.9. The highest BCUT2D eigenvalue weighted by atomic mass is 15.3. The fourth-order valence-electron chi connectivity index (χ4n) is 2.42. The largest absolute Gasteiger partial charge is 0.341 e. The molecule has 0 saturated carbocycles. The van der Waals surface area contributed by atoms with Crippen molar-refractivity contribution < 1.29 is 0 Å². The fraction of sp³-hybridized carbons (Fsp3) is 0.692. The summed E-state index contributed by atoms with van der Waals surface area (Å²) in [6.07, 6.45) is 6.01. The van der Waals surface area contributed by atoms with Crippen LogP contribution in [0.5, 0.6) is 0 Å². The van der Waals surface area contributed by atoms with E-state index in [4.69, 9.17) is 5.73 Å². The maximum atomic E-state index is 5.55. The van der Waals surface area contributed by atoms with Crippen LogP contribution in [0.2, 0.25) is 0 Å². The van der Waals surface area contributed by atoms with Crippen LogP contribution in [0.4, 0.5) is 5.95 Å². The smallest absolute Gasteiger partial charge is 0.225 e. The van der Waals surface area contributed by atoms with Crippen molar-refractivity contribution in [2.75, 3.05) is 31.6 Å². The minimum Gasteiger partial charge on any atom is -0.341 e. The SMILES string of the molecule is CCN1CCC(N(C)c2ncc(CN)cn2)CC1. The Morgan fingerprint density at radius 2 is 1.94 bits per heavy atom. The number of hydrogen-bond donors (Lipinski definition) is 1. The predicted octanol–water partition coefficient (Wildman–Crippen LogP) is 0.856. The molecule has 1 fully saturated rings. The summed E-state index contributed by atoms with van der Waals surface area (Å²) in [7, 11) is 2.09. The summed E-state index contributed by atoms with van der Waals surface area (Å²) in [5.41, 5.74) is 6.53. The van der Waals surface area contributed by atoms with Crippen LogP contribution in [-0.4, -0.2) is 47.6 Å². The van der Waals surface area contributed by atoms with E-state index in [0.29, 0.717) is 12.6 Å². The number of aromatic nitrogens is 2. The van der Waals surface area contributed by atoms with Crippen molar-refractivity contribution in [1.82, 2.24) is 14.9 Å². The highest BCUT2D eigenvalue weighted by molar-refractivity contribution is 5.30. The zero-order valence-electron chi connectivity index (χ0n) is 11.3. The molecular weight excluding hydrogens is 226 g/mol. The molecule has 1 aliphatic rings. The van der Waals surface area contributed by atoms with E-state index in [-0.39, 0.29) is 0 Å². The monoisotopic (exact) mass is 249 g/mol. The van der Waals surface area contributed by atoms with E-state index in [1.165, 1.54) is 25.9 Å². The number of anilines is 1. The Kier molecular flexibility index (Phi) is 4.49. The van der Waals surface area contributed by atoms with Gasteiger partial charge in [-0.2, -0.15) is 0 Å². The molecule has 5 heteroatoms. The first-order valence-corrected chi connectivity index (χ1v) is 6.70. The molecule has 0 unspecified atom stereocenters. The molecule has 0 bridgehead atoms. The zero-order valence-corrected chi connectivity index (χ0v) is 11.3. The summed E-state index contributed by atoms with van der Waals surface area (Å²) in [5, 5.41) is 0. The van der Waals surface area contributed by atoms with Gasteiger partial charge in [-0.25, -0.2) is 9.97 Å². The molecule has 5 nitrogen and oxygen atoms in total. The quantitative estimate of drug-likeness (QED) is 0.857. The Labute approximate surface area is 109 Å². The van der Waals surface area contributed by atoms with Gasteiger partial charge in [-0.1, -0.05) is 6.92 Å². The van der Waals surface area contributed by atoms with Gasteiger partial charge in [0.15, 0.2) is 0 Å². The molecule has 0 atom stereocenters. The van der Waals surface area contributed by atoms with Gasteiger partial charge in [0.25, 0.3) is 0 Å². The second kappa shape index (κ2) is 6.11. The maximum absolute atomic E-state index is 5.55. The van der Waals surface area contributed by atoms with Gasteiger partial charge in [-0.15, -0.1) is 0 Å². The molecule has 0 aliphatic carbocycles. The molecule has 0 radical (unpaired) electrons. The molecule has 1 aromatic heterocycles. The third-order valence-corrected chi connectivity index (χ3v) is 3.79. The van der Waals surface area contributed by atoms with Crippen LogP contribution >= 0.6 is 0 Å². The summed E-state index contributed by atoms with van der Waals surface area (Å²) < 4.78 is 0. The highest BCUT2D eigenvalue weighted by Crippen LogP contribution is 2.18. The van der Waals surface area contributed by atoms with Crippen LogP contribution in [0.1, 0.15) is 25.3 Å². The number of nitrogens with two attached hydrogens (primary N) is 1. The predicted molar refractivity (Wildman–Crippen MR) is 73.5 cm³/mol. The lowest BCUT2D eigenvalue weighted by Gasteiger charge is -2.36. The van der Waals surface area contributed by atoms with E-state index in [9.17, 15) is 0 Å². The standard InChI is InChI=1S/C13H23N5/c1-3-18-6-4-12(5-7-18)17(2)13-15-9-11(8-14)10-16-13/h9-10,12H,3-8,14H2,1-2H3. The van der Waals surface area contributed by atoms with E-state index in [0.717, 1.165) is 18.1 Å². The number of piperidine rings is 1. The Hall–Kier alpha value is -1.20. The van der Waals surface area contributed by atoms with Crippen molar-refractivity contribution in [1.29, 1.82) is 0 Å². The molecule has 2 N–H and O–H groups in total. The van der Waals surface area contributed by atoms with Gasteiger partial charge in [0.2, 0.25) is 5.95 Å². The molecule has 1 aromatic rings. The number of nitrogens with zero attached hydrogens (tertiary/aromatic N) is 4. The highest BCUT2D eigenvalue weighted by Gasteiger charge is 2.22. The second-order valence-corrected chi connectivity index (χ2v) is 4.87. The lowest BCUT2D eigenvalue weighted by Crippen LogP contribution is -2.43. The van der Waals surface area contributed by atoms with Crippen molar-refractivity contribution in [3.05, 3.63) is 18.0 Å². The Bertz CT molecular complexity index is 356. The van der Waals surface area contributed by atoms with Gasteiger partial charge in [-0.05, 0) is 19.4 Å². The van der Waals surface area contributed by atoms with Crippen LogP contribution in [0, 0.1) is 0 Å². The number of rotatable bonds is 4. The first kappa shape index (κ1) is 13.2. The van der Waals surface area contributed by atoms with Gasteiger partial charge in [-0.3, -0.25) is 0 Å². The van der Waals surface area contributed by atoms with E-state index >= 15 is 0 Å². The first-order chi connectivity index (χ1) is 8.74. The lowest BCUT2D eigenvalue weighted by atomic mass is 10.0. The summed E-state index contributed by atoms with van der Waals surface area (Å²) in [4.78, 5) is 13.5. The first-order valence-electron chi connectivity index (χ1n) is 6.70. The van der Waals surface area contributed by atoms with Crippen LogP contribution < -0.4 is 10.6 Å². The summed E-state index contributed by atoms with van der Waals surface area (Å²) in [6, 6.07) is 0.552. The Balaban J connectivity index is 1.96. The minimum absolute atomic E-state index is 0.499. The average Bonchev–Trinajstić information content (AvgIpc) is 2.47. The maximum Gasteiger partial charge on any atom is 0.225 e. The molecule has 0 aromatic carbocycles.